The van der Waals surface area contributed by atoms with Gasteiger partial charge in [0, 0.05) is 33.7 Å². The summed E-state index contributed by atoms with van der Waals surface area (Å²) in [6.45, 7) is 4.68. The van der Waals surface area contributed by atoms with E-state index < -0.39 is 0 Å². The molecule has 0 amide bonds. The summed E-state index contributed by atoms with van der Waals surface area (Å²) in [5, 5.41) is 6.05. The normalized spacial score (nSPS) is 14.8. The lowest BCUT2D eigenvalue weighted by atomic mass is 9.82. The molecule has 2 atom stereocenters. The SMILES string of the molecule is CC1(C)c2ccccc2-c2c1ccc1c3ccccc3n(-c3ccc(/C=N/C(NC(N)c4ccccc4)c4ccccc4)cc3)c21. The first-order valence-corrected chi connectivity index (χ1v) is 15.9. The number of nitrogens with two attached hydrogens (primary N) is 1. The Morgan fingerprint density at radius 3 is 2.07 bits per heavy atom. The molecule has 0 bridgehead atoms. The number of benzene rings is 6. The van der Waals surface area contributed by atoms with Gasteiger partial charge in [-0.1, -0.05) is 141 Å². The van der Waals surface area contributed by atoms with Gasteiger partial charge in [-0.3, -0.25) is 10.3 Å². The smallest absolute Gasteiger partial charge is 0.127 e. The van der Waals surface area contributed by atoms with Gasteiger partial charge in [-0.2, -0.15) is 0 Å². The van der Waals surface area contributed by atoms with Gasteiger partial charge < -0.3 is 10.3 Å². The molecule has 224 valence electrons. The zero-order valence-electron chi connectivity index (χ0n) is 26.1. The second kappa shape index (κ2) is 11.3. The molecule has 6 aromatic carbocycles. The van der Waals surface area contributed by atoms with Crippen molar-refractivity contribution in [1.29, 1.82) is 0 Å². The molecule has 4 heteroatoms. The predicted octanol–water partition coefficient (Wildman–Crippen LogP) is 9.45. The number of fused-ring (bicyclic) bond motifs is 7. The van der Waals surface area contributed by atoms with Crippen LogP contribution >= 0.6 is 0 Å². The van der Waals surface area contributed by atoms with Crippen LogP contribution in [0.15, 0.2) is 151 Å². The molecule has 1 heterocycles. The van der Waals surface area contributed by atoms with Crippen LogP contribution in [0.3, 0.4) is 0 Å². The molecule has 0 fully saturated rings. The van der Waals surface area contributed by atoms with Crippen molar-refractivity contribution in [3.8, 4) is 16.8 Å². The standard InChI is InChI=1S/C42H36N4/c1-42(2)35-19-11-9-18-34(35)38-36(42)26-25-33-32-17-10-12-20-37(32)46(39(33)38)31-23-21-28(22-24-31)27-44-41(30-15-7-4-8-16-30)45-40(43)29-13-5-3-6-14-29/h3-27,40-41,45H,43H2,1-2H3/b44-27+. The summed E-state index contributed by atoms with van der Waals surface area (Å²) in [5.41, 5.74) is 18.6. The fourth-order valence-corrected chi connectivity index (χ4v) is 7.17. The zero-order valence-corrected chi connectivity index (χ0v) is 26.1. The second-order valence-electron chi connectivity index (χ2n) is 12.6. The summed E-state index contributed by atoms with van der Waals surface area (Å²) in [4.78, 5) is 4.99. The number of nitrogens with one attached hydrogen (secondary N) is 1. The van der Waals surface area contributed by atoms with E-state index in [0.29, 0.717) is 0 Å². The minimum Gasteiger partial charge on any atom is -0.312 e. The minimum atomic E-state index is -0.349. The molecular formula is C42H36N4. The van der Waals surface area contributed by atoms with Crippen LogP contribution in [0.1, 0.15) is 54.0 Å². The van der Waals surface area contributed by atoms with Crippen molar-refractivity contribution in [3.63, 3.8) is 0 Å². The molecule has 1 aromatic heterocycles. The lowest BCUT2D eigenvalue weighted by Gasteiger charge is -2.21. The highest BCUT2D eigenvalue weighted by Gasteiger charge is 2.37. The van der Waals surface area contributed by atoms with Crippen LogP contribution in [0.25, 0.3) is 38.6 Å². The molecule has 46 heavy (non-hydrogen) atoms. The van der Waals surface area contributed by atoms with Crippen LogP contribution in [-0.4, -0.2) is 10.8 Å². The number of para-hydroxylation sites is 1. The van der Waals surface area contributed by atoms with E-state index >= 15 is 0 Å². The first kappa shape index (κ1) is 28.2. The van der Waals surface area contributed by atoms with E-state index in [-0.39, 0.29) is 17.7 Å². The number of hydrogen-bond acceptors (Lipinski definition) is 3. The predicted molar refractivity (Wildman–Crippen MR) is 192 cm³/mol. The summed E-state index contributed by atoms with van der Waals surface area (Å²) < 4.78 is 2.44. The third-order valence-electron chi connectivity index (χ3n) is 9.52. The van der Waals surface area contributed by atoms with E-state index in [1.165, 1.54) is 44.1 Å². The monoisotopic (exact) mass is 596 g/mol. The Morgan fingerprint density at radius 2 is 1.30 bits per heavy atom. The third kappa shape index (κ3) is 4.66. The Hall–Kier alpha value is -5.29. The largest absolute Gasteiger partial charge is 0.312 e. The van der Waals surface area contributed by atoms with Crippen molar-refractivity contribution in [3.05, 3.63) is 173 Å². The lowest BCUT2D eigenvalue weighted by molar-refractivity contribution is 0.467. The summed E-state index contributed by atoms with van der Waals surface area (Å²) in [6.07, 6.45) is 1.30. The molecule has 1 aliphatic rings. The van der Waals surface area contributed by atoms with E-state index in [2.05, 4.69) is 121 Å². The van der Waals surface area contributed by atoms with Gasteiger partial charge >= 0.3 is 0 Å². The maximum absolute atomic E-state index is 6.56. The third-order valence-corrected chi connectivity index (χ3v) is 9.52. The van der Waals surface area contributed by atoms with E-state index in [4.69, 9.17) is 10.7 Å². The molecule has 0 radical (unpaired) electrons. The van der Waals surface area contributed by atoms with Gasteiger partial charge in [0.05, 0.1) is 17.2 Å². The van der Waals surface area contributed by atoms with Crippen LogP contribution in [0, 0.1) is 0 Å². The minimum absolute atomic E-state index is 0.0614. The summed E-state index contributed by atoms with van der Waals surface area (Å²) >= 11 is 0. The average molecular weight is 597 g/mol. The van der Waals surface area contributed by atoms with Crippen LogP contribution in [0.5, 0.6) is 0 Å². The fourth-order valence-electron chi connectivity index (χ4n) is 7.17. The molecular weight excluding hydrogens is 560 g/mol. The van der Waals surface area contributed by atoms with Crippen molar-refractivity contribution in [2.45, 2.75) is 31.6 Å². The van der Waals surface area contributed by atoms with Crippen LogP contribution in [0.4, 0.5) is 0 Å². The van der Waals surface area contributed by atoms with E-state index in [1.807, 2.05) is 54.7 Å². The molecule has 2 unspecified atom stereocenters. The zero-order chi connectivity index (χ0) is 31.3. The number of aliphatic imine (C=N–C) groups is 1. The first-order valence-electron chi connectivity index (χ1n) is 15.9. The van der Waals surface area contributed by atoms with E-state index in [9.17, 15) is 0 Å². The number of nitrogens with zero attached hydrogens (tertiary/aromatic N) is 2. The Bertz CT molecular complexity index is 2210. The number of hydrogen-bond donors (Lipinski definition) is 2. The van der Waals surface area contributed by atoms with Gasteiger partial charge in [-0.05, 0) is 51.6 Å². The molecule has 0 saturated carbocycles. The Kier molecular flexibility index (Phi) is 6.90. The van der Waals surface area contributed by atoms with E-state index in [0.717, 1.165) is 22.4 Å². The molecule has 3 N–H and O–H groups in total. The highest BCUT2D eigenvalue weighted by atomic mass is 15.1. The van der Waals surface area contributed by atoms with Gasteiger partial charge in [0.2, 0.25) is 0 Å². The summed E-state index contributed by atoms with van der Waals surface area (Å²) in [7, 11) is 0. The topological polar surface area (TPSA) is 55.3 Å². The van der Waals surface area contributed by atoms with Crippen LogP contribution in [-0.2, 0) is 5.41 Å². The first-order chi connectivity index (χ1) is 22.5. The van der Waals surface area contributed by atoms with Gasteiger partial charge in [0.25, 0.3) is 0 Å². The second-order valence-corrected chi connectivity index (χ2v) is 12.6. The average Bonchev–Trinajstić information content (AvgIpc) is 3.56. The number of aromatic nitrogens is 1. The van der Waals surface area contributed by atoms with Crippen molar-refractivity contribution in [1.82, 2.24) is 9.88 Å². The molecule has 8 rings (SSSR count). The van der Waals surface area contributed by atoms with Gasteiger partial charge in [0.1, 0.15) is 6.17 Å². The van der Waals surface area contributed by atoms with Gasteiger partial charge in [0.15, 0.2) is 0 Å². The quantitative estimate of drug-likeness (QED) is 0.142. The van der Waals surface area contributed by atoms with E-state index in [1.54, 1.807) is 0 Å². The highest BCUT2D eigenvalue weighted by molar-refractivity contribution is 6.15. The van der Waals surface area contributed by atoms with Crippen LogP contribution in [0.2, 0.25) is 0 Å². The van der Waals surface area contributed by atoms with Crippen molar-refractivity contribution >= 4 is 28.0 Å². The molecule has 7 aromatic rings. The fraction of sp³-hybridized carbons (Fsp3) is 0.119. The maximum atomic E-state index is 6.56. The highest BCUT2D eigenvalue weighted by Crippen LogP contribution is 2.52. The van der Waals surface area contributed by atoms with Crippen molar-refractivity contribution in [2.24, 2.45) is 10.7 Å². The summed E-state index contributed by atoms with van der Waals surface area (Å²) in [5.74, 6) is 0. The Balaban J connectivity index is 1.20. The van der Waals surface area contributed by atoms with Crippen molar-refractivity contribution < 1.29 is 0 Å². The van der Waals surface area contributed by atoms with Crippen LogP contribution < -0.4 is 11.1 Å². The van der Waals surface area contributed by atoms with Gasteiger partial charge in [-0.25, -0.2) is 0 Å². The van der Waals surface area contributed by atoms with Gasteiger partial charge in [-0.15, -0.1) is 0 Å². The molecule has 1 aliphatic carbocycles. The molecule has 0 spiro atoms. The lowest BCUT2D eigenvalue weighted by Crippen LogP contribution is -2.31. The number of rotatable bonds is 7. The summed E-state index contributed by atoms with van der Waals surface area (Å²) in [6, 6.07) is 51.3. The molecule has 4 nitrogen and oxygen atoms in total. The Labute approximate surface area is 269 Å². The van der Waals surface area contributed by atoms with Crippen molar-refractivity contribution in [2.75, 3.05) is 0 Å². The molecule has 0 aliphatic heterocycles. The molecule has 0 saturated heterocycles. The maximum Gasteiger partial charge on any atom is 0.127 e. The Morgan fingerprint density at radius 1 is 0.652 bits per heavy atom.